The molecule has 0 atom stereocenters. The van der Waals surface area contributed by atoms with E-state index in [2.05, 4.69) is 11.6 Å². The zero-order chi connectivity index (χ0) is 22.8. The number of thiazole rings is 1. The molecule has 31 heavy (non-hydrogen) atoms. The van der Waals surface area contributed by atoms with Crippen molar-refractivity contribution in [3.8, 4) is 5.75 Å². The molecule has 0 unspecified atom stereocenters. The molecule has 0 aliphatic carbocycles. The highest BCUT2D eigenvalue weighted by atomic mass is 32.2. The number of rotatable bonds is 7. The van der Waals surface area contributed by atoms with Gasteiger partial charge >= 0.3 is 0 Å². The lowest BCUT2D eigenvalue weighted by Gasteiger charge is -2.04. The van der Waals surface area contributed by atoms with Crippen LogP contribution in [-0.2, 0) is 31.0 Å². The molecule has 0 bridgehead atoms. The highest BCUT2D eigenvalue weighted by Crippen LogP contribution is 2.22. The van der Waals surface area contributed by atoms with Crippen LogP contribution < -0.4 is 9.54 Å². The normalized spacial score (nSPS) is 12.8. The first-order valence-electron chi connectivity index (χ1n) is 8.94. The fourth-order valence-electron chi connectivity index (χ4n) is 2.84. The lowest BCUT2D eigenvalue weighted by Crippen LogP contribution is -2.20. The van der Waals surface area contributed by atoms with Crippen molar-refractivity contribution in [2.45, 2.75) is 16.3 Å². The molecule has 0 saturated heterocycles. The van der Waals surface area contributed by atoms with Crippen LogP contribution in [0.2, 0.25) is 0 Å². The van der Waals surface area contributed by atoms with Crippen molar-refractivity contribution in [3.63, 3.8) is 0 Å². The number of ether oxygens (including phenoxy) is 1. The molecule has 2 aromatic carbocycles. The number of hydrogen-bond acceptors (Lipinski definition) is 7. The average molecular weight is 481 g/mol. The van der Waals surface area contributed by atoms with E-state index >= 15 is 0 Å². The number of hydrogen-bond donors (Lipinski definition) is 0. The molecule has 0 N–H and O–H groups in total. The minimum atomic E-state index is -3.89. The van der Waals surface area contributed by atoms with Gasteiger partial charge in [0.15, 0.2) is 24.5 Å². The molecule has 0 spiro atoms. The zero-order valence-corrected chi connectivity index (χ0v) is 19.3. The number of amides is 1. The number of benzene rings is 2. The Kier molecular flexibility index (Phi) is 6.48. The second kappa shape index (κ2) is 8.77. The lowest BCUT2D eigenvalue weighted by molar-refractivity contribution is -0.115. The van der Waals surface area contributed by atoms with Gasteiger partial charge in [-0.25, -0.2) is 16.8 Å². The largest absolute Gasteiger partial charge is 0.497 e. The summed E-state index contributed by atoms with van der Waals surface area (Å²) in [4.78, 5) is 16.9. The first-order chi connectivity index (χ1) is 14.5. The van der Waals surface area contributed by atoms with Crippen molar-refractivity contribution in [2.75, 3.05) is 19.1 Å². The van der Waals surface area contributed by atoms with E-state index in [0.29, 0.717) is 22.5 Å². The third kappa shape index (κ3) is 5.12. The first kappa shape index (κ1) is 22.9. The number of allylic oxidation sites excluding steroid dienone is 1. The van der Waals surface area contributed by atoms with Gasteiger partial charge in [0.05, 0.1) is 27.1 Å². The van der Waals surface area contributed by atoms with Gasteiger partial charge in [-0.15, -0.1) is 6.58 Å². The van der Waals surface area contributed by atoms with Crippen molar-refractivity contribution >= 4 is 47.1 Å². The fraction of sp³-hybridized carbons (Fsp3) is 0.200. The summed E-state index contributed by atoms with van der Waals surface area (Å²) >= 11 is 1.10. The van der Waals surface area contributed by atoms with Crippen molar-refractivity contribution in [1.82, 2.24) is 4.57 Å². The molecule has 3 rings (SSSR count). The topological polar surface area (TPSA) is 112 Å². The van der Waals surface area contributed by atoms with E-state index in [9.17, 15) is 21.6 Å². The molecule has 0 saturated carbocycles. The average Bonchev–Trinajstić information content (AvgIpc) is 3.03. The highest BCUT2D eigenvalue weighted by molar-refractivity contribution is 7.92. The van der Waals surface area contributed by atoms with Gasteiger partial charge in [-0.05, 0) is 42.5 Å². The van der Waals surface area contributed by atoms with Crippen LogP contribution >= 0.6 is 11.3 Å². The van der Waals surface area contributed by atoms with E-state index in [0.717, 1.165) is 17.6 Å². The van der Waals surface area contributed by atoms with E-state index in [-0.39, 0.29) is 14.6 Å². The van der Waals surface area contributed by atoms with Crippen LogP contribution in [0.25, 0.3) is 10.2 Å². The monoisotopic (exact) mass is 480 g/mol. The number of sulfone groups is 2. The maximum absolute atomic E-state index is 12.6. The number of carbonyl (C=O) groups excluding carboxylic acids is 1. The van der Waals surface area contributed by atoms with E-state index in [1.54, 1.807) is 16.7 Å². The Bertz CT molecular complexity index is 1430. The summed E-state index contributed by atoms with van der Waals surface area (Å²) in [6, 6.07) is 10.3. The minimum absolute atomic E-state index is 0.00930. The van der Waals surface area contributed by atoms with Crippen LogP contribution in [0.5, 0.6) is 5.75 Å². The zero-order valence-electron chi connectivity index (χ0n) is 16.8. The SMILES string of the molecule is C=CCn1c(=NC(=O)CS(=O)(=O)c2ccc(OC)cc2)sc2cc(S(C)(=O)=O)ccc21. The van der Waals surface area contributed by atoms with Crippen molar-refractivity contribution < 1.29 is 26.4 Å². The predicted molar refractivity (Wildman–Crippen MR) is 119 cm³/mol. The summed E-state index contributed by atoms with van der Waals surface area (Å²) in [6.45, 7) is 4.00. The van der Waals surface area contributed by atoms with Crippen molar-refractivity contribution in [1.29, 1.82) is 0 Å². The van der Waals surface area contributed by atoms with Gasteiger partial charge in [0.2, 0.25) is 0 Å². The number of fused-ring (bicyclic) bond motifs is 1. The third-order valence-electron chi connectivity index (χ3n) is 4.35. The molecule has 11 heteroatoms. The Balaban J connectivity index is 2.00. The summed E-state index contributed by atoms with van der Waals surface area (Å²) in [5.41, 5.74) is 0.668. The summed E-state index contributed by atoms with van der Waals surface area (Å²) in [5, 5.41) is 0. The molecule has 164 valence electrons. The standard InChI is InChI=1S/C20H20N2O6S3/c1-4-11-22-17-10-9-16(30(3,24)25)12-18(17)29-20(22)21-19(23)13-31(26,27)15-7-5-14(28-2)6-8-15/h4-10,12H,1,11,13H2,2-3H3. The summed E-state index contributed by atoms with van der Waals surface area (Å²) in [5.74, 6) is -1.13. The van der Waals surface area contributed by atoms with Gasteiger partial charge in [-0.2, -0.15) is 4.99 Å². The van der Waals surface area contributed by atoms with Gasteiger partial charge in [-0.1, -0.05) is 17.4 Å². The Morgan fingerprint density at radius 1 is 1.13 bits per heavy atom. The number of carbonyl (C=O) groups is 1. The molecule has 0 aliphatic rings. The molecule has 8 nitrogen and oxygen atoms in total. The quantitative estimate of drug-likeness (QED) is 0.479. The van der Waals surface area contributed by atoms with Crippen LogP contribution in [0.15, 0.2) is 69.9 Å². The molecule has 1 aromatic heterocycles. The molecular formula is C20H20N2O6S3. The van der Waals surface area contributed by atoms with Gasteiger partial charge in [0, 0.05) is 12.8 Å². The minimum Gasteiger partial charge on any atom is -0.497 e. The molecule has 1 amide bonds. The Morgan fingerprint density at radius 3 is 2.35 bits per heavy atom. The van der Waals surface area contributed by atoms with Crippen LogP contribution in [0.4, 0.5) is 0 Å². The Morgan fingerprint density at radius 2 is 1.77 bits per heavy atom. The lowest BCUT2D eigenvalue weighted by atomic mass is 10.3. The van der Waals surface area contributed by atoms with Crippen LogP contribution in [0.1, 0.15) is 0 Å². The summed E-state index contributed by atoms with van der Waals surface area (Å²) in [7, 11) is -5.82. The van der Waals surface area contributed by atoms with Crippen molar-refractivity contribution in [3.05, 3.63) is 59.9 Å². The number of methoxy groups -OCH3 is 1. The number of nitrogens with zero attached hydrogens (tertiary/aromatic N) is 2. The Hall–Kier alpha value is -2.76. The van der Waals surface area contributed by atoms with Gasteiger partial charge in [0.1, 0.15) is 11.5 Å². The molecule has 0 radical (unpaired) electrons. The van der Waals surface area contributed by atoms with E-state index < -0.39 is 31.3 Å². The smallest absolute Gasteiger partial charge is 0.263 e. The van der Waals surface area contributed by atoms with E-state index in [1.807, 2.05) is 0 Å². The molecule has 0 fully saturated rings. The van der Waals surface area contributed by atoms with E-state index in [4.69, 9.17) is 4.74 Å². The molecule has 3 aromatic rings. The van der Waals surface area contributed by atoms with Crippen LogP contribution in [0, 0.1) is 0 Å². The van der Waals surface area contributed by atoms with Crippen LogP contribution in [0.3, 0.4) is 0 Å². The molecule has 1 heterocycles. The highest BCUT2D eigenvalue weighted by Gasteiger charge is 2.20. The molecule has 0 aliphatic heterocycles. The number of aromatic nitrogens is 1. The Labute approximate surface area is 184 Å². The maximum Gasteiger partial charge on any atom is 0.263 e. The predicted octanol–water partition coefficient (Wildman–Crippen LogP) is 2.20. The second-order valence-electron chi connectivity index (χ2n) is 6.63. The summed E-state index contributed by atoms with van der Waals surface area (Å²) < 4.78 is 56.1. The van der Waals surface area contributed by atoms with Gasteiger partial charge in [0.25, 0.3) is 5.91 Å². The van der Waals surface area contributed by atoms with Crippen LogP contribution in [-0.4, -0.2) is 46.4 Å². The van der Waals surface area contributed by atoms with Gasteiger partial charge < -0.3 is 9.30 Å². The summed E-state index contributed by atoms with van der Waals surface area (Å²) in [6.07, 6.45) is 2.71. The maximum atomic E-state index is 12.6. The second-order valence-corrected chi connectivity index (χ2v) is 11.6. The van der Waals surface area contributed by atoms with Crippen molar-refractivity contribution in [2.24, 2.45) is 4.99 Å². The first-order valence-corrected chi connectivity index (χ1v) is 13.3. The fourth-order valence-corrected chi connectivity index (χ4v) is 5.77. The van der Waals surface area contributed by atoms with E-state index in [1.165, 1.54) is 43.5 Å². The third-order valence-corrected chi connectivity index (χ3v) is 8.12. The molecular weight excluding hydrogens is 460 g/mol. The van der Waals surface area contributed by atoms with Gasteiger partial charge in [-0.3, -0.25) is 4.79 Å².